The third-order valence-electron chi connectivity index (χ3n) is 6.58. The molecule has 176 valence electrons. The minimum Gasteiger partial charge on any atom is -0.351 e. The Balaban J connectivity index is 1.14. The van der Waals surface area contributed by atoms with Gasteiger partial charge in [0.25, 0.3) is 11.8 Å². The second-order valence-corrected chi connectivity index (χ2v) is 10.1. The number of aryl methyl sites for hydroxylation is 1. The summed E-state index contributed by atoms with van der Waals surface area (Å²) in [6.45, 7) is 1.84. The van der Waals surface area contributed by atoms with Gasteiger partial charge in [-0.3, -0.25) is 14.4 Å². The van der Waals surface area contributed by atoms with Crippen LogP contribution in [0.15, 0.2) is 53.5 Å². The van der Waals surface area contributed by atoms with Gasteiger partial charge >= 0.3 is 0 Å². The number of likely N-dealkylation sites (tertiary alicyclic amines) is 1. The first-order chi connectivity index (χ1) is 16.6. The molecule has 3 aliphatic rings. The number of carbonyl (C=O) groups is 3. The third kappa shape index (κ3) is 5.01. The maximum absolute atomic E-state index is 12.8. The number of amides is 3. The maximum Gasteiger partial charge on any atom is 0.262 e. The highest BCUT2D eigenvalue weighted by Crippen LogP contribution is 2.30. The van der Waals surface area contributed by atoms with Crippen LogP contribution in [0, 0.1) is 0 Å². The van der Waals surface area contributed by atoms with Gasteiger partial charge in [0, 0.05) is 30.8 Å². The van der Waals surface area contributed by atoms with E-state index in [0.29, 0.717) is 11.3 Å². The molecular weight excluding hydrogens is 448 g/mol. The SMILES string of the molecule is O=C(C[C@H]1SC(N2CCCC2)=NC1=O)Nc1ccc(C(=O)N[C@H]2CCCc3ccccc32)cc1. The third-order valence-corrected chi connectivity index (χ3v) is 7.80. The van der Waals surface area contributed by atoms with Gasteiger partial charge in [-0.15, -0.1) is 0 Å². The summed E-state index contributed by atoms with van der Waals surface area (Å²) in [6.07, 6.45) is 5.33. The van der Waals surface area contributed by atoms with E-state index >= 15 is 0 Å². The number of fused-ring (bicyclic) bond motifs is 1. The lowest BCUT2D eigenvalue weighted by atomic mass is 9.87. The normalized spacial score (nSPS) is 21.7. The van der Waals surface area contributed by atoms with Crippen LogP contribution in [0.4, 0.5) is 5.69 Å². The van der Waals surface area contributed by atoms with Gasteiger partial charge in [0.2, 0.25) is 5.91 Å². The second kappa shape index (κ2) is 10.0. The van der Waals surface area contributed by atoms with Gasteiger partial charge in [0.05, 0.1) is 6.04 Å². The summed E-state index contributed by atoms with van der Waals surface area (Å²) >= 11 is 1.39. The van der Waals surface area contributed by atoms with Gasteiger partial charge in [-0.2, -0.15) is 4.99 Å². The summed E-state index contributed by atoms with van der Waals surface area (Å²) < 4.78 is 0. The molecule has 0 unspecified atom stereocenters. The van der Waals surface area contributed by atoms with E-state index in [1.54, 1.807) is 24.3 Å². The molecule has 2 N–H and O–H groups in total. The fraction of sp³-hybridized carbons (Fsp3) is 0.385. The summed E-state index contributed by atoms with van der Waals surface area (Å²) in [5, 5.41) is 6.26. The molecule has 1 saturated heterocycles. The number of carbonyl (C=O) groups excluding carboxylic acids is 3. The van der Waals surface area contributed by atoms with Crippen molar-refractivity contribution in [1.29, 1.82) is 0 Å². The van der Waals surface area contributed by atoms with Gasteiger partial charge in [-0.25, -0.2) is 0 Å². The van der Waals surface area contributed by atoms with Crippen molar-refractivity contribution in [3.05, 3.63) is 65.2 Å². The van der Waals surface area contributed by atoms with Gasteiger partial charge in [-0.05, 0) is 67.5 Å². The Bertz CT molecular complexity index is 1130. The standard InChI is InChI=1S/C26H28N4O3S/c31-23(16-22-25(33)29-26(34-22)30-14-3-4-15-30)27-19-12-10-18(11-13-19)24(32)28-21-9-5-7-17-6-1-2-8-20(17)21/h1-2,6,8,10-13,21-22H,3-5,7,9,14-16H2,(H,27,31)(H,28,32)/t21-,22+/m0/s1. The van der Waals surface area contributed by atoms with Crippen LogP contribution in [0.25, 0.3) is 0 Å². The molecule has 2 aromatic carbocycles. The fourth-order valence-corrected chi connectivity index (χ4v) is 5.90. The minimum atomic E-state index is -0.473. The first-order valence-electron chi connectivity index (χ1n) is 11.9. The Morgan fingerprint density at radius 1 is 1.03 bits per heavy atom. The van der Waals surface area contributed by atoms with E-state index in [2.05, 4.69) is 32.7 Å². The summed E-state index contributed by atoms with van der Waals surface area (Å²) in [4.78, 5) is 43.8. The predicted molar refractivity (Wildman–Crippen MR) is 134 cm³/mol. The zero-order chi connectivity index (χ0) is 23.5. The van der Waals surface area contributed by atoms with E-state index in [9.17, 15) is 14.4 Å². The molecule has 5 rings (SSSR count). The molecular formula is C26H28N4O3S. The topological polar surface area (TPSA) is 90.9 Å². The van der Waals surface area contributed by atoms with Crippen molar-refractivity contribution in [3.63, 3.8) is 0 Å². The summed E-state index contributed by atoms with van der Waals surface area (Å²) in [7, 11) is 0. The zero-order valence-electron chi connectivity index (χ0n) is 19.0. The Hall–Kier alpha value is -3.13. The number of nitrogens with one attached hydrogen (secondary N) is 2. The Labute approximate surface area is 203 Å². The lowest BCUT2D eigenvalue weighted by Gasteiger charge is -2.26. The molecule has 1 fully saturated rings. The quantitative estimate of drug-likeness (QED) is 0.683. The number of amidine groups is 1. The second-order valence-electron chi connectivity index (χ2n) is 8.98. The van der Waals surface area contributed by atoms with Crippen molar-refractivity contribution in [3.8, 4) is 0 Å². The lowest BCUT2D eigenvalue weighted by Crippen LogP contribution is -2.31. The van der Waals surface area contributed by atoms with Crippen molar-refractivity contribution in [2.24, 2.45) is 4.99 Å². The van der Waals surface area contributed by atoms with E-state index in [0.717, 1.165) is 50.4 Å². The molecule has 0 saturated carbocycles. The molecule has 1 aliphatic carbocycles. The highest BCUT2D eigenvalue weighted by Gasteiger charge is 2.33. The van der Waals surface area contributed by atoms with Crippen molar-refractivity contribution in [2.75, 3.05) is 18.4 Å². The summed E-state index contributed by atoms with van der Waals surface area (Å²) in [5.74, 6) is -0.600. The number of thioether (sulfide) groups is 1. The van der Waals surface area contributed by atoms with Crippen LogP contribution in [0.5, 0.6) is 0 Å². The summed E-state index contributed by atoms with van der Waals surface area (Å²) in [5.41, 5.74) is 3.64. The highest BCUT2D eigenvalue weighted by atomic mass is 32.2. The summed E-state index contributed by atoms with van der Waals surface area (Å²) in [6, 6.07) is 15.1. The molecule has 8 heteroatoms. The van der Waals surface area contributed by atoms with E-state index in [1.165, 1.54) is 22.9 Å². The van der Waals surface area contributed by atoms with Crippen LogP contribution in [0.1, 0.15) is 59.6 Å². The van der Waals surface area contributed by atoms with E-state index in [1.807, 2.05) is 12.1 Å². The minimum absolute atomic E-state index is 0.0194. The van der Waals surface area contributed by atoms with Crippen LogP contribution in [-0.4, -0.2) is 46.1 Å². The van der Waals surface area contributed by atoms with Crippen LogP contribution in [-0.2, 0) is 16.0 Å². The first-order valence-corrected chi connectivity index (χ1v) is 12.8. The largest absolute Gasteiger partial charge is 0.351 e. The van der Waals surface area contributed by atoms with Gasteiger partial charge < -0.3 is 15.5 Å². The fourth-order valence-electron chi connectivity index (χ4n) is 4.78. The van der Waals surface area contributed by atoms with Crippen LogP contribution >= 0.6 is 11.8 Å². The molecule has 2 heterocycles. The van der Waals surface area contributed by atoms with Crippen molar-refractivity contribution in [2.45, 2.75) is 49.8 Å². The maximum atomic E-state index is 12.8. The molecule has 0 aromatic heterocycles. The van der Waals surface area contributed by atoms with Crippen molar-refractivity contribution >= 4 is 40.3 Å². The molecule has 0 radical (unpaired) electrons. The average molecular weight is 477 g/mol. The molecule has 3 amide bonds. The highest BCUT2D eigenvalue weighted by molar-refractivity contribution is 8.15. The van der Waals surface area contributed by atoms with Gasteiger partial charge in [-0.1, -0.05) is 36.0 Å². The van der Waals surface area contributed by atoms with Crippen molar-refractivity contribution in [1.82, 2.24) is 10.2 Å². The number of anilines is 1. The Morgan fingerprint density at radius 2 is 1.79 bits per heavy atom. The Kier molecular flexibility index (Phi) is 6.67. The zero-order valence-corrected chi connectivity index (χ0v) is 19.8. The van der Waals surface area contributed by atoms with E-state index in [4.69, 9.17) is 0 Å². The smallest absolute Gasteiger partial charge is 0.262 e. The average Bonchev–Trinajstić information content (AvgIpc) is 3.50. The molecule has 2 aromatic rings. The number of hydrogen-bond donors (Lipinski definition) is 2. The molecule has 0 spiro atoms. The number of nitrogens with zero attached hydrogens (tertiary/aromatic N) is 2. The molecule has 2 atom stereocenters. The molecule has 0 bridgehead atoms. The van der Waals surface area contributed by atoms with E-state index < -0.39 is 5.25 Å². The van der Waals surface area contributed by atoms with Crippen LogP contribution < -0.4 is 10.6 Å². The van der Waals surface area contributed by atoms with Gasteiger partial charge in [0.1, 0.15) is 5.25 Å². The Morgan fingerprint density at radius 3 is 2.59 bits per heavy atom. The van der Waals surface area contributed by atoms with Crippen LogP contribution in [0.2, 0.25) is 0 Å². The number of rotatable bonds is 5. The number of benzene rings is 2. The monoisotopic (exact) mass is 476 g/mol. The number of aliphatic imine (C=N–C) groups is 1. The molecule has 2 aliphatic heterocycles. The lowest BCUT2D eigenvalue weighted by molar-refractivity contribution is -0.121. The predicted octanol–water partition coefficient (Wildman–Crippen LogP) is 3.92. The van der Waals surface area contributed by atoms with Crippen LogP contribution in [0.3, 0.4) is 0 Å². The molecule has 7 nitrogen and oxygen atoms in total. The first kappa shape index (κ1) is 22.7. The molecule has 34 heavy (non-hydrogen) atoms. The van der Waals surface area contributed by atoms with Gasteiger partial charge in [0.15, 0.2) is 5.17 Å². The number of hydrogen-bond acceptors (Lipinski definition) is 5. The van der Waals surface area contributed by atoms with Crippen molar-refractivity contribution < 1.29 is 14.4 Å². The van der Waals surface area contributed by atoms with E-state index in [-0.39, 0.29) is 30.2 Å².